The Bertz CT molecular complexity index is 1020. The molecular formula is C22H28N4O3. The molecule has 1 aliphatic carbocycles. The van der Waals surface area contributed by atoms with Crippen LogP contribution >= 0.6 is 0 Å². The SMILES string of the molecule is CCCCOc1ncc2c(n1)n(Cc1ccc(OC)cc1)c(=O)n2C1CCCC1. The first-order valence-corrected chi connectivity index (χ1v) is 10.4. The van der Waals surface area contributed by atoms with Gasteiger partial charge in [0.05, 0.1) is 26.5 Å². The number of rotatable bonds is 8. The van der Waals surface area contributed by atoms with Gasteiger partial charge >= 0.3 is 11.7 Å². The minimum atomic E-state index is -0.0253. The molecule has 0 N–H and O–H groups in total. The van der Waals surface area contributed by atoms with E-state index in [2.05, 4.69) is 16.9 Å². The highest BCUT2D eigenvalue weighted by Gasteiger charge is 2.25. The lowest BCUT2D eigenvalue weighted by molar-refractivity contribution is 0.286. The smallest absolute Gasteiger partial charge is 0.330 e. The van der Waals surface area contributed by atoms with Crippen molar-refractivity contribution in [1.29, 1.82) is 0 Å². The Morgan fingerprint density at radius 1 is 1.17 bits per heavy atom. The van der Waals surface area contributed by atoms with Gasteiger partial charge in [-0.2, -0.15) is 4.98 Å². The molecule has 1 aliphatic rings. The normalized spacial score (nSPS) is 14.6. The molecule has 7 nitrogen and oxygen atoms in total. The van der Waals surface area contributed by atoms with Gasteiger partial charge in [-0.3, -0.25) is 9.13 Å². The quantitative estimate of drug-likeness (QED) is 0.539. The fraction of sp³-hybridized carbons (Fsp3) is 0.500. The van der Waals surface area contributed by atoms with Gasteiger partial charge in [0.25, 0.3) is 0 Å². The van der Waals surface area contributed by atoms with Crippen LogP contribution in [0.15, 0.2) is 35.3 Å². The monoisotopic (exact) mass is 396 g/mol. The molecule has 0 unspecified atom stereocenters. The molecule has 154 valence electrons. The number of hydrogen-bond acceptors (Lipinski definition) is 5. The molecule has 0 amide bonds. The number of aromatic nitrogens is 4. The van der Waals surface area contributed by atoms with Crippen LogP contribution in [0.1, 0.15) is 57.1 Å². The average molecular weight is 396 g/mol. The zero-order chi connectivity index (χ0) is 20.2. The summed E-state index contributed by atoms with van der Waals surface area (Å²) in [5.41, 5.74) is 2.42. The second-order valence-electron chi connectivity index (χ2n) is 7.59. The van der Waals surface area contributed by atoms with E-state index in [1.54, 1.807) is 17.9 Å². The van der Waals surface area contributed by atoms with Gasteiger partial charge in [-0.25, -0.2) is 9.78 Å². The first-order chi connectivity index (χ1) is 14.2. The first kappa shape index (κ1) is 19.5. The van der Waals surface area contributed by atoms with E-state index in [0.717, 1.165) is 55.4 Å². The lowest BCUT2D eigenvalue weighted by Crippen LogP contribution is -2.27. The van der Waals surface area contributed by atoms with Gasteiger partial charge in [0.1, 0.15) is 11.3 Å². The summed E-state index contributed by atoms with van der Waals surface area (Å²) in [7, 11) is 1.64. The first-order valence-electron chi connectivity index (χ1n) is 10.4. The minimum absolute atomic E-state index is 0.0253. The molecule has 1 aromatic carbocycles. The number of ether oxygens (including phenoxy) is 2. The number of benzene rings is 1. The van der Waals surface area contributed by atoms with Crippen molar-refractivity contribution in [3.8, 4) is 11.8 Å². The predicted octanol–water partition coefficient (Wildman–Crippen LogP) is 3.94. The highest BCUT2D eigenvalue weighted by molar-refractivity contribution is 5.71. The topological polar surface area (TPSA) is 71.2 Å². The van der Waals surface area contributed by atoms with Crippen LogP contribution in [0.25, 0.3) is 11.2 Å². The molecule has 0 aliphatic heterocycles. The van der Waals surface area contributed by atoms with Crippen molar-refractivity contribution in [1.82, 2.24) is 19.1 Å². The molecule has 7 heteroatoms. The summed E-state index contributed by atoms with van der Waals surface area (Å²) in [5, 5.41) is 0. The van der Waals surface area contributed by atoms with Crippen LogP contribution in [0.4, 0.5) is 0 Å². The van der Waals surface area contributed by atoms with E-state index in [-0.39, 0.29) is 11.7 Å². The van der Waals surface area contributed by atoms with Crippen molar-refractivity contribution in [3.63, 3.8) is 0 Å². The fourth-order valence-electron chi connectivity index (χ4n) is 3.99. The van der Waals surface area contributed by atoms with Gasteiger partial charge in [-0.05, 0) is 37.0 Å². The number of methoxy groups -OCH3 is 1. The summed E-state index contributed by atoms with van der Waals surface area (Å²) >= 11 is 0. The molecule has 0 radical (unpaired) electrons. The lowest BCUT2D eigenvalue weighted by Gasteiger charge is -2.10. The molecule has 0 atom stereocenters. The number of imidazole rings is 1. The third-order valence-electron chi connectivity index (χ3n) is 5.60. The second-order valence-corrected chi connectivity index (χ2v) is 7.59. The summed E-state index contributed by atoms with van der Waals surface area (Å²) in [5.74, 6) is 0.795. The van der Waals surface area contributed by atoms with E-state index in [1.807, 2.05) is 28.8 Å². The molecule has 2 aromatic heterocycles. The van der Waals surface area contributed by atoms with Gasteiger partial charge in [0.2, 0.25) is 0 Å². The van der Waals surface area contributed by atoms with Crippen LogP contribution in [0, 0.1) is 0 Å². The molecule has 4 rings (SSSR count). The maximum Gasteiger partial charge on any atom is 0.330 e. The Kier molecular flexibility index (Phi) is 5.83. The second kappa shape index (κ2) is 8.68. The Morgan fingerprint density at radius 2 is 1.93 bits per heavy atom. The highest BCUT2D eigenvalue weighted by Crippen LogP contribution is 2.31. The number of fused-ring (bicyclic) bond motifs is 1. The molecule has 0 saturated heterocycles. The van der Waals surface area contributed by atoms with Crippen molar-refractivity contribution in [2.75, 3.05) is 13.7 Å². The van der Waals surface area contributed by atoms with Crippen molar-refractivity contribution in [3.05, 3.63) is 46.5 Å². The maximum absolute atomic E-state index is 13.4. The third kappa shape index (κ3) is 3.99. The highest BCUT2D eigenvalue weighted by atomic mass is 16.5. The van der Waals surface area contributed by atoms with Crippen molar-refractivity contribution in [2.45, 2.75) is 58.0 Å². The standard InChI is InChI=1S/C22H28N4O3/c1-3-4-13-29-21-23-14-19-20(24-21)25(15-16-9-11-18(28-2)12-10-16)22(27)26(19)17-7-5-6-8-17/h9-12,14,17H,3-8,13,15H2,1-2H3. The predicted molar refractivity (Wildman–Crippen MR) is 112 cm³/mol. The molecule has 29 heavy (non-hydrogen) atoms. The Labute approximate surface area is 170 Å². The van der Waals surface area contributed by atoms with Gasteiger partial charge in [-0.15, -0.1) is 0 Å². The van der Waals surface area contributed by atoms with E-state index in [1.165, 1.54) is 0 Å². The average Bonchev–Trinajstić information content (AvgIpc) is 3.36. The van der Waals surface area contributed by atoms with E-state index in [4.69, 9.17) is 9.47 Å². The van der Waals surface area contributed by atoms with Crippen LogP contribution in [-0.2, 0) is 6.54 Å². The van der Waals surface area contributed by atoms with E-state index in [9.17, 15) is 4.79 Å². The molecule has 0 bridgehead atoms. The van der Waals surface area contributed by atoms with E-state index < -0.39 is 0 Å². The number of nitrogens with zero attached hydrogens (tertiary/aromatic N) is 4. The van der Waals surface area contributed by atoms with Crippen LogP contribution < -0.4 is 15.2 Å². The Morgan fingerprint density at radius 3 is 2.62 bits per heavy atom. The molecule has 1 fully saturated rings. The third-order valence-corrected chi connectivity index (χ3v) is 5.60. The van der Waals surface area contributed by atoms with Gasteiger partial charge in [-0.1, -0.05) is 38.3 Å². The van der Waals surface area contributed by atoms with Crippen molar-refractivity contribution < 1.29 is 9.47 Å². The zero-order valence-corrected chi connectivity index (χ0v) is 17.1. The molecular weight excluding hydrogens is 368 g/mol. The fourth-order valence-corrected chi connectivity index (χ4v) is 3.99. The summed E-state index contributed by atoms with van der Waals surface area (Å²) in [4.78, 5) is 22.4. The van der Waals surface area contributed by atoms with Crippen molar-refractivity contribution in [2.24, 2.45) is 0 Å². The molecule has 3 aromatic rings. The largest absolute Gasteiger partial charge is 0.497 e. The minimum Gasteiger partial charge on any atom is -0.497 e. The van der Waals surface area contributed by atoms with Crippen LogP contribution in [0.5, 0.6) is 11.8 Å². The Balaban J connectivity index is 1.75. The molecule has 0 spiro atoms. The number of unbranched alkanes of at least 4 members (excludes halogenated alkanes) is 1. The van der Waals surface area contributed by atoms with Gasteiger partial charge in [0, 0.05) is 6.04 Å². The number of hydrogen-bond donors (Lipinski definition) is 0. The van der Waals surface area contributed by atoms with Gasteiger partial charge < -0.3 is 9.47 Å². The van der Waals surface area contributed by atoms with E-state index in [0.29, 0.717) is 24.8 Å². The lowest BCUT2D eigenvalue weighted by atomic mass is 10.2. The van der Waals surface area contributed by atoms with Crippen LogP contribution in [-0.4, -0.2) is 32.8 Å². The summed E-state index contributed by atoms with van der Waals surface area (Å²) < 4.78 is 14.6. The van der Waals surface area contributed by atoms with Crippen molar-refractivity contribution >= 4 is 11.2 Å². The Hall–Kier alpha value is -2.83. The van der Waals surface area contributed by atoms with Crippen LogP contribution in [0.2, 0.25) is 0 Å². The summed E-state index contributed by atoms with van der Waals surface area (Å²) in [6.45, 7) is 3.14. The maximum atomic E-state index is 13.4. The zero-order valence-electron chi connectivity index (χ0n) is 17.1. The molecule has 1 saturated carbocycles. The van der Waals surface area contributed by atoms with Gasteiger partial charge in [0.15, 0.2) is 5.65 Å². The van der Waals surface area contributed by atoms with E-state index >= 15 is 0 Å². The summed E-state index contributed by atoms with van der Waals surface area (Å²) in [6.07, 6.45) is 8.09. The van der Waals surface area contributed by atoms with Crippen LogP contribution in [0.3, 0.4) is 0 Å². The molecule has 2 heterocycles. The summed E-state index contributed by atoms with van der Waals surface area (Å²) in [6, 6.07) is 8.32.